The minimum atomic E-state index is -4.25. The van der Waals surface area contributed by atoms with E-state index >= 15 is 0 Å². The van der Waals surface area contributed by atoms with Crippen molar-refractivity contribution in [3.63, 3.8) is 0 Å². The third-order valence-corrected chi connectivity index (χ3v) is 4.21. The molecule has 1 saturated heterocycles. The molecule has 0 spiro atoms. The van der Waals surface area contributed by atoms with E-state index in [2.05, 4.69) is 0 Å². The molecule has 0 bridgehead atoms. The number of hydrogen-bond acceptors (Lipinski definition) is 8. The molecule has 6 N–H and O–H groups in total. The molecule has 23 heavy (non-hydrogen) atoms. The summed E-state index contributed by atoms with van der Waals surface area (Å²) in [6.45, 7) is 0. The van der Waals surface area contributed by atoms with Crippen molar-refractivity contribution in [2.75, 3.05) is 11.5 Å². The van der Waals surface area contributed by atoms with Gasteiger partial charge in [-0.1, -0.05) is 0 Å². The molecule has 0 radical (unpaired) electrons. The highest BCUT2D eigenvalue weighted by Gasteiger charge is 2.45. The molecule has 1 aromatic rings. The number of hydrogen-bond donors (Lipinski definition) is 5. The molecule has 130 valence electrons. The van der Waals surface area contributed by atoms with E-state index in [1.165, 1.54) is 12.1 Å². The fourth-order valence-corrected chi connectivity index (χ4v) is 2.73. The van der Waals surface area contributed by atoms with Crippen LogP contribution in [0.2, 0.25) is 0 Å². The first kappa shape index (κ1) is 17.9. The SMILES string of the molecule is Nc1ccc(O[C@H]2O[C@H](CCS(=O)(=O)O)[C@@H](O)[C@H](O)[C@@H]2O)cc1. The summed E-state index contributed by atoms with van der Waals surface area (Å²) < 4.78 is 41.1. The van der Waals surface area contributed by atoms with Crippen LogP contribution < -0.4 is 10.5 Å². The lowest BCUT2D eigenvalue weighted by Gasteiger charge is -2.40. The number of aliphatic hydroxyl groups excluding tert-OH is 3. The fourth-order valence-electron chi connectivity index (χ4n) is 2.20. The van der Waals surface area contributed by atoms with Gasteiger partial charge < -0.3 is 30.5 Å². The quantitative estimate of drug-likeness (QED) is 0.323. The second kappa shape index (κ2) is 6.99. The lowest BCUT2D eigenvalue weighted by Crippen LogP contribution is -2.59. The van der Waals surface area contributed by atoms with E-state index in [0.717, 1.165) is 0 Å². The van der Waals surface area contributed by atoms with Crippen LogP contribution in [-0.4, -0.2) is 64.7 Å². The topological polar surface area (TPSA) is 160 Å². The zero-order valence-electron chi connectivity index (χ0n) is 12.0. The third-order valence-electron chi connectivity index (χ3n) is 3.46. The summed E-state index contributed by atoms with van der Waals surface area (Å²) in [6.07, 6.45) is -7.36. The molecule has 10 heteroatoms. The van der Waals surface area contributed by atoms with Crippen molar-refractivity contribution in [2.45, 2.75) is 37.1 Å². The Balaban J connectivity index is 2.07. The average Bonchev–Trinajstić information content (AvgIpc) is 2.48. The molecule has 1 aliphatic rings. The van der Waals surface area contributed by atoms with Gasteiger partial charge in [-0.2, -0.15) is 8.42 Å². The summed E-state index contributed by atoms with van der Waals surface area (Å²) in [4.78, 5) is 0. The second-order valence-corrected chi connectivity index (χ2v) is 6.85. The molecular formula is C13H19NO8S. The zero-order valence-corrected chi connectivity index (χ0v) is 12.8. The summed E-state index contributed by atoms with van der Waals surface area (Å²) in [5.74, 6) is -0.355. The van der Waals surface area contributed by atoms with Gasteiger partial charge in [-0.3, -0.25) is 4.55 Å². The minimum absolute atomic E-state index is 0.272. The Morgan fingerprint density at radius 3 is 2.26 bits per heavy atom. The minimum Gasteiger partial charge on any atom is -0.462 e. The molecule has 9 nitrogen and oxygen atoms in total. The number of anilines is 1. The Morgan fingerprint density at radius 1 is 1.09 bits per heavy atom. The number of rotatable bonds is 5. The van der Waals surface area contributed by atoms with Crippen LogP contribution in [0.1, 0.15) is 6.42 Å². The second-order valence-electron chi connectivity index (χ2n) is 5.28. The lowest BCUT2D eigenvalue weighted by atomic mass is 9.97. The number of nitrogen functional groups attached to an aromatic ring is 1. The molecular weight excluding hydrogens is 330 g/mol. The van der Waals surface area contributed by atoms with Gasteiger partial charge in [0, 0.05) is 5.69 Å². The highest BCUT2D eigenvalue weighted by molar-refractivity contribution is 7.85. The van der Waals surface area contributed by atoms with Gasteiger partial charge in [0.2, 0.25) is 6.29 Å². The van der Waals surface area contributed by atoms with Crippen molar-refractivity contribution in [2.24, 2.45) is 0 Å². The monoisotopic (exact) mass is 349 g/mol. The Hall–Kier alpha value is -1.43. The molecule has 2 rings (SSSR count). The highest BCUT2D eigenvalue weighted by Crippen LogP contribution is 2.26. The first-order chi connectivity index (χ1) is 10.7. The number of nitrogens with two attached hydrogens (primary N) is 1. The normalized spacial score (nSPS) is 31.7. The van der Waals surface area contributed by atoms with Crippen LogP contribution in [0.3, 0.4) is 0 Å². The fraction of sp³-hybridized carbons (Fsp3) is 0.538. The maximum Gasteiger partial charge on any atom is 0.264 e. The molecule has 0 unspecified atom stereocenters. The van der Waals surface area contributed by atoms with Gasteiger partial charge in [0.15, 0.2) is 0 Å². The van der Waals surface area contributed by atoms with E-state index in [4.69, 9.17) is 19.8 Å². The van der Waals surface area contributed by atoms with Crippen molar-refractivity contribution < 1.29 is 37.8 Å². The lowest BCUT2D eigenvalue weighted by molar-refractivity contribution is -0.272. The number of aliphatic hydroxyl groups is 3. The van der Waals surface area contributed by atoms with E-state index in [1.54, 1.807) is 12.1 Å². The molecule has 1 fully saturated rings. The van der Waals surface area contributed by atoms with Crippen LogP contribution in [-0.2, 0) is 14.9 Å². The van der Waals surface area contributed by atoms with Gasteiger partial charge in [-0.15, -0.1) is 0 Å². The van der Waals surface area contributed by atoms with Gasteiger partial charge in [0.25, 0.3) is 10.1 Å². The largest absolute Gasteiger partial charge is 0.462 e. The summed E-state index contributed by atoms with van der Waals surface area (Å²) >= 11 is 0. The van der Waals surface area contributed by atoms with Crippen LogP contribution in [0, 0.1) is 0 Å². The first-order valence-corrected chi connectivity index (χ1v) is 8.45. The zero-order chi connectivity index (χ0) is 17.2. The van der Waals surface area contributed by atoms with Crippen LogP contribution in [0.15, 0.2) is 24.3 Å². The van der Waals surface area contributed by atoms with Gasteiger partial charge in [-0.25, -0.2) is 0 Å². The molecule has 0 aromatic heterocycles. The molecule has 1 heterocycles. The van der Waals surface area contributed by atoms with Crippen molar-refractivity contribution >= 4 is 15.8 Å². The predicted octanol–water partition coefficient (Wildman–Crippen LogP) is -1.27. The van der Waals surface area contributed by atoms with Crippen molar-refractivity contribution in [1.29, 1.82) is 0 Å². The van der Waals surface area contributed by atoms with E-state index in [9.17, 15) is 23.7 Å². The molecule has 0 saturated carbocycles. The summed E-state index contributed by atoms with van der Waals surface area (Å²) in [5.41, 5.74) is 6.04. The van der Waals surface area contributed by atoms with Gasteiger partial charge >= 0.3 is 0 Å². The van der Waals surface area contributed by atoms with Gasteiger partial charge in [-0.05, 0) is 30.7 Å². The van der Waals surface area contributed by atoms with Crippen LogP contribution >= 0.6 is 0 Å². The molecule has 1 aromatic carbocycles. The number of benzene rings is 1. The predicted molar refractivity (Wildman–Crippen MR) is 79.2 cm³/mol. The van der Waals surface area contributed by atoms with E-state index in [-0.39, 0.29) is 6.42 Å². The van der Waals surface area contributed by atoms with Crippen LogP contribution in [0.25, 0.3) is 0 Å². The van der Waals surface area contributed by atoms with Gasteiger partial charge in [0.1, 0.15) is 24.1 Å². The average molecular weight is 349 g/mol. The molecule has 5 atom stereocenters. The molecule has 1 aliphatic heterocycles. The first-order valence-electron chi connectivity index (χ1n) is 6.84. The Bertz CT molecular complexity index is 619. The Labute approximate surface area is 133 Å². The van der Waals surface area contributed by atoms with Crippen LogP contribution in [0.5, 0.6) is 5.75 Å². The standard InChI is InChI=1S/C13H19NO8S/c14-7-1-3-8(4-2-7)21-13-12(17)11(16)10(15)9(22-13)5-6-23(18,19)20/h1-4,9-13,15-17H,5-6,14H2,(H,18,19,20)/t9-,10-,11+,12+,13+/m1/s1. The summed E-state index contributed by atoms with van der Waals surface area (Å²) in [5, 5.41) is 29.6. The molecule has 0 amide bonds. The van der Waals surface area contributed by atoms with E-state index in [0.29, 0.717) is 11.4 Å². The Kier molecular flexibility index (Phi) is 5.45. The van der Waals surface area contributed by atoms with E-state index < -0.39 is 46.6 Å². The smallest absolute Gasteiger partial charge is 0.264 e. The molecule has 0 aliphatic carbocycles. The third kappa shape index (κ3) is 4.77. The van der Waals surface area contributed by atoms with Crippen molar-refractivity contribution in [3.8, 4) is 5.75 Å². The van der Waals surface area contributed by atoms with Crippen molar-refractivity contribution in [1.82, 2.24) is 0 Å². The maximum absolute atomic E-state index is 10.8. The highest BCUT2D eigenvalue weighted by atomic mass is 32.2. The Morgan fingerprint density at radius 2 is 1.70 bits per heavy atom. The van der Waals surface area contributed by atoms with Crippen molar-refractivity contribution in [3.05, 3.63) is 24.3 Å². The summed E-state index contributed by atoms with van der Waals surface area (Å²) in [7, 11) is -4.25. The van der Waals surface area contributed by atoms with E-state index in [1.807, 2.05) is 0 Å². The number of ether oxygens (including phenoxy) is 2. The maximum atomic E-state index is 10.8. The summed E-state index contributed by atoms with van der Waals surface area (Å²) in [6, 6.07) is 6.17. The van der Waals surface area contributed by atoms with Gasteiger partial charge in [0.05, 0.1) is 11.9 Å². The van der Waals surface area contributed by atoms with Crippen LogP contribution in [0.4, 0.5) is 5.69 Å².